The molecule has 0 atom stereocenters. The van der Waals surface area contributed by atoms with Gasteiger partial charge >= 0.3 is 11.9 Å². The monoisotopic (exact) mass is 336 g/mol. The molecule has 6 nitrogen and oxygen atoms in total. The highest BCUT2D eigenvalue weighted by atomic mass is 16.5. The summed E-state index contributed by atoms with van der Waals surface area (Å²) in [6.45, 7) is 7.66. The van der Waals surface area contributed by atoms with E-state index in [-0.39, 0.29) is 5.57 Å². The number of carboxylic acids is 2. The van der Waals surface area contributed by atoms with E-state index < -0.39 is 11.9 Å². The van der Waals surface area contributed by atoms with Gasteiger partial charge in [0.2, 0.25) is 0 Å². The summed E-state index contributed by atoms with van der Waals surface area (Å²) in [6.07, 6.45) is 2.25. The molecule has 1 rings (SSSR count). The lowest BCUT2D eigenvalue weighted by Gasteiger charge is -2.06. The standard InChI is InChI=1S/C14H18O4.C4H6O2/c1-12(14(15)16)6-5-9-17-10-11-18-13-7-3-2-4-8-13;1-3(2)4(5)6/h2-4,6-8H,5,9-11H2,1H3,(H,15,16);1H2,2H3,(H,5,6). The van der Waals surface area contributed by atoms with Crippen LogP contribution in [-0.4, -0.2) is 42.0 Å². The molecule has 6 heteroatoms. The van der Waals surface area contributed by atoms with Crippen LogP contribution in [0.3, 0.4) is 0 Å². The summed E-state index contributed by atoms with van der Waals surface area (Å²) in [5.41, 5.74) is 0.522. The first kappa shape index (κ1) is 21.4. The molecule has 0 saturated heterocycles. The maximum atomic E-state index is 10.5. The van der Waals surface area contributed by atoms with E-state index in [0.717, 1.165) is 5.75 Å². The maximum Gasteiger partial charge on any atom is 0.330 e. The number of aliphatic carboxylic acids is 2. The summed E-state index contributed by atoms with van der Waals surface area (Å²) >= 11 is 0. The second-order valence-electron chi connectivity index (χ2n) is 4.84. The Hall–Kier alpha value is -2.60. The first-order valence-electron chi connectivity index (χ1n) is 7.39. The molecule has 0 heterocycles. The van der Waals surface area contributed by atoms with Crippen molar-refractivity contribution in [3.63, 3.8) is 0 Å². The number of rotatable bonds is 9. The quantitative estimate of drug-likeness (QED) is 0.531. The van der Waals surface area contributed by atoms with E-state index in [1.54, 1.807) is 13.0 Å². The molecule has 1 aromatic carbocycles. The second kappa shape index (κ2) is 12.9. The van der Waals surface area contributed by atoms with Crippen molar-refractivity contribution >= 4 is 11.9 Å². The summed E-state index contributed by atoms with van der Waals surface area (Å²) in [5.74, 6) is -1.000. The van der Waals surface area contributed by atoms with Gasteiger partial charge in [-0.1, -0.05) is 30.9 Å². The fraction of sp³-hybridized carbons (Fsp3) is 0.333. The van der Waals surface area contributed by atoms with Crippen LogP contribution in [0.1, 0.15) is 20.3 Å². The molecule has 0 amide bonds. The maximum absolute atomic E-state index is 10.5. The minimum absolute atomic E-state index is 0.176. The van der Waals surface area contributed by atoms with Crippen molar-refractivity contribution < 1.29 is 29.3 Å². The Kier molecular flexibility index (Phi) is 11.5. The third-order valence-electron chi connectivity index (χ3n) is 2.65. The lowest BCUT2D eigenvalue weighted by Crippen LogP contribution is -2.07. The molecule has 0 fully saturated rings. The topological polar surface area (TPSA) is 93.1 Å². The third-order valence-corrected chi connectivity index (χ3v) is 2.65. The summed E-state index contributed by atoms with van der Waals surface area (Å²) in [7, 11) is 0. The molecule has 0 radical (unpaired) electrons. The van der Waals surface area contributed by atoms with E-state index in [1.807, 2.05) is 30.3 Å². The van der Waals surface area contributed by atoms with E-state index in [1.165, 1.54) is 6.92 Å². The van der Waals surface area contributed by atoms with E-state index in [4.69, 9.17) is 19.7 Å². The van der Waals surface area contributed by atoms with E-state index in [2.05, 4.69) is 6.58 Å². The zero-order valence-corrected chi connectivity index (χ0v) is 14.0. The smallest absolute Gasteiger partial charge is 0.330 e. The largest absolute Gasteiger partial charge is 0.491 e. The van der Waals surface area contributed by atoms with Crippen LogP contribution in [0.4, 0.5) is 0 Å². The molecule has 1 aromatic rings. The average molecular weight is 336 g/mol. The molecule has 0 bridgehead atoms. The Morgan fingerprint density at radius 1 is 1.04 bits per heavy atom. The third kappa shape index (κ3) is 12.0. The minimum Gasteiger partial charge on any atom is -0.491 e. The van der Waals surface area contributed by atoms with Crippen LogP contribution in [0.5, 0.6) is 5.75 Å². The van der Waals surface area contributed by atoms with Gasteiger partial charge in [-0.3, -0.25) is 0 Å². The molecule has 0 aliphatic carbocycles. The van der Waals surface area contributed by atoms with Crippen LogP contribution in [0, 0.1) is 0 Å². The van der Waals surface area contributed by atoms with E-state index >= 15 is 0 Å². The van der Waals surface area contributed by atoms with Gasteiger partial charge in [0.25, 0.3) is 0 Å². The average Bonchev–Trinajstić information content (AvgIpc) is 2.55. The molecule has 0 aromatic heterocycles. The van der Waals surface area contributed by atoms with Crippen LogP contribution in [-0.2, 0) is 14.3 Å². The zero-order valence-electron chi connectivity index (χ0n) is 14.0. The van der Waals surface area contributed by atoms with Gasteiger partial charge in [-0.05, 0) is 32.4 Å². The van der Waals surface area contributed by atoms with Gasteiger partial charge < -0.3 is 19.7 Å². The van der Waals surface area contributed by atoms with Crippen molar-refractivity contribution in [3.05, 3.63) is 54.1 Å². The number of ether oxygens (including phenoxy) is 2. The Morgan fingerprint density at radius 2 is 1.62 bits per heavy atom. The Balaban J connectivity index is 0.000000754. The van der Waals surface area contributed by atoms with Gasteiger partial charge in [-0.15, -0.1) is 0 Å². The van der Waals surface area contributed by atoms with Crippen LogP contribution in [0.15, 0.2) is 54.1 Å². The summed E-state index contributed by atoms with van der Waals surface area (Å²) in [5, 5.41) is 16.5. The normalized spacial score (nSPS) is 10.3. The lowest BCUT2D eigenvalue weighted by molar-refractivity contribution is -0.133. The van der Waals surface area contributed by atoms with Gasteiger partial charge in [-0.25, -0.2) is 9.59 Å². The predicted molar refractivity (Wildman–Crippen MR) is 91.2 cm³/mol. The fourth-order valence-corrected chi connectivity index (χ4v) is 1.28. The van der Waals surface area contributed by atoms with Crippen LogP contribution in [0.2, 0.25) is 0 Å². The zero-order chi connectivity index (χ0) is 18.4. The fourth-order valence-electron chi connectivity index (χ4n) is 1.28. The molecule has 0 saturated carbocycles. The molecule has 24 heavy (non-hydrogen) atoms. The summed E-state index contributed by atoms with van der Waals surface area (Å²) in [6, 6.07) is 9.53. The highest BCUT2D eigenvalue weighted by Gasteiger charge is 1.98. The number of hydrogen-bond donors (Lipinski definition) is 2. The van der Waals surface area contributed by atoms with Crippen molar-refractivity contribution in [1.82, 2.24) is 0 Å². The lowest BCUT2D eigenvalue weighted by atomic mass is 10.2. The van der Waals surface area contributed by atoms with E-state index in [9.17, 15) is 9.59 Å². The molecule has 0 unspecified atom stereocenters. The van der Waals surface area contributed by atoms with Crippen molar-refractivity contribution in [3.8, 4) is 5.75 Å². The molecular weight excluding hydrogens is 312 g/mol. The van der Waals surface area contributed by atoms with E-state index in [0.29, 0.717) is 31.8 Å². The number of hydrogen-bond acceptors (Lipinski definition) is 4. The molecule has 132 valence electrons. The first-order valence-corrected chi connectivity index (χ1v) is 7.39. The van der Waals surface area contributed by atoms with Crippen molar-refractivity contribution in [2.24, 2.45) is 0 Å². The van der Waals surface area contributed by atoms with Crippen molar-refractivity contribution in [2.45, 2.75) is 20.3 Å². The van der Waals surface area contributed by atoms with Gasteiger partial charge in [0.15, 0.2) is 0 Å². The Bertz CT molecular complexity index is 536. The predicted octanol–water partition coefficient (Wildman–Crippen LogP) is 3.15. The first-order chi connectivity index (χ1) is 11.3. The number of carbonyl (C=O) groups is 2. The van der Waals surface area contributed by atoms with Gasteiger partial charge in [-0.2, -0.15) is 0 Å². The minimum atomic E-state index is -0.935. The van der Waals surface area contributed by atoms with Gasteiger partial charge in [0, 0.05) is 11.1 Å². The number of benzene rings is 1. The molecule has 0 aliphatic rings. The van der Waals surface area contributed by atoms with Crippen LogP contribution >= 0.6 is 0 Å². The molecule has 0 aliphatic heterocycles. The van der Waals surface area contributed by atoms with Crippen LogP contribution < -0.4 is 4.74 Å². The SMILES string of the molecule is C=C(C)C(=O)O.CC(=CCCOCCOc1ccccc1)C(=O)O. The highest BCUT2D eigenvalue weighted by molar-refractivity contribution is 5.85. The van der Waals surface area contributed by atoms with Crippen molar-refractivity contribution in [1.29, 1.82) is 0 Å². The molecular formula is C18H24O6. The van der Waals surface area contributed by atoms with Crippen LogP contribution in [0.25, 0.3) is 0 Å². The second-order valence-corrected chi connectivity index (χ2v) is 4.84. The Labute approximate surface area is 142 Å². The highest BCUT2D eigenvalue weighted by Crippen LogP contribution is 2.07. The molecule has 2 N–H and O–H groups in total. The summed E-state index contributed by atoms with van der Waals surface area (Å²) in [4.78, 5) is 20.1. The van der Waals surface area contributed by atoms with Gasteiger partial charge in [0.05, 0.1) is 13.2 Å². The molecule has 0 spiro atoms. The Morgan fingerprint density at radius 3 is 2.12 bits per heavy atom. The summed E-state index contributed by atoms with van der Waals surface area (Å²) < 4.78 is 10.8. The number of para-hydroxylation sites is 1. The number of carboxylic acid groups (broad SMARTS) is 2. The van der Waals surface area contributed by atoms with Crippen molar-refractivity contribution in [2.75, 3.05) is 19.8 Å². The van der Waals surface area contributed by atoms with Gasteiger partial charge in [0.1, 0.15) is 12.4 Å².